The van der Waals surface area contributed by atoms with Gasteiger partial charge in [-0.3, -0.25) is 0 Å². The van der Waals surface area contributed by atoms with E-state index in [-0.39, 0.29) is 12.1 Å². The van der Waals surface area contributed by atoms with Gasteiger partial charge in [0.2, 0.25) is 0 Å². The minimum absolute atomic E-state index is 0.160. The predicted octanol–water partition coefficient (Wildman–Crippen LogP) is 1.45. The van der Waals surface area contributed by atoms with Crippen LogP contribution < -0.4 is 11.5 Å². The molecule has 2 aliphatic rings. The fourth-order valence-corrected chi connectivity index (χ4v) is 2.83. The summed E-state index contributed by atoms with van der Waals surface area (Å²) >= 11 is 0. The van der Waals surface area contributed by atoms with Crippen LogP contribution in [0.5, 0.6) is 0 Å². The van der Waals surface area contributed by atoms with Crippen LogP contribution in [0.15, 0.2) is 0 Å². The molecule has 2 atom stereocenters. The Balaban J connectivity index is 0.000000771. The van der Waals surface area contributed by atoms with E-state index in [1.165, 1.54) is 7.05 Å². The Morgan fingerprint density at radius 2 is 1.61 bits per heavy atom. The van der Waals surface area contributed by atoms with E-state index >= 15 is 0 Å². The highest BCUT2D eigenvalue weighted by atomic mass is 16.6. The molecule has 0 aromatic rings. The lowest BCUT2D eigenvalue weighted by molar-refractivity contribution is 0.00620. The van der Waals surface area contributed by atoms with Crippen molar-refractivity contribution >= 4 is 6.09 Å². The topological polar surface area (TPSA) is 81.6 Å². The van der Waals surface area contributed by atoms with E-state index in [1.807, 2.05) is 25.7 Å². The average Bonchev–Trinajstić information content (AvgIpc) is 2.52. The summed E-state index contributed by atoms with van der Waals surface area (Å²) in [7, 11) is 1.50. The van der Waals surface area contributed by atoms with Gasteiger partial charge in [0, 0.05) is 18.1 Å². The third-order valence-corrected chi connectivity index (χ3v) is 3.37. The van der Waals surface area contributed by atoms with Crippen LogP contribution in [0.4, 0.5) is 4.79 Å². The molecule has 2 heterocycles. The van der Waals surface area contributed by atoms with Crippen LogP contribution in [-0.4, -0.2) is 41.8 Å². The molecule has 2 bridgehead atoms. The van der Waals surface area contributed by atoms with Crippen molar-refractivity contribution in [3.63, 3.8) is 0 Å². The highest BCUT2D eigenvalue weighted by Gasteiger charge is 2.43. The van der Waals surface area contributed by atoms with Gasteiger partial charge in [-0.1, -0.05) is 0 Å². The molecule has 2 rings (SSSR count). The smallest absolute Gasteiger partial charge is 0.410 e. The van der Waals surface area contributed by atoms with Crippen LogP contribution in [0.2, 0.25) is 0 Å². The molecule has 5 nitrogen and oxygen atoms in total. The van der Waals surface area contributed by atoms with Crippen LogP contribution in [0.1, 0.15) is 46.5 Å². The van der Waals surface area contributed by atoms with Crippen LogP contribution in [0, 0.1) is 0 Å². The van der Waals surface area contributed by atoms with Gasteiger partial charge in [0.1, 0.15) is 5.60 Å². The molecule has 0 saturated carbocycles. The third-order valence-electron chi connectivity index (χ3n) is 3.37. The standard InChI is InChI=1S/C12H22N2O2.CH5N/c1-12(2,3)16-11(15)14-9-4-5-10(14)7-8(13)6-9;1-2/h8-10H,4-7,13H2,1-3H3;2H2,1H3. The summed E-state index contributed by atoms with van der Waals surface area (Å²) in [4.78, 5) is 14.0. The Hall–Kier alpha value is -0.810. The number of hydrogen-bond donors (Lipinski definition) is 2. The zero-order valence-electron chi connectivity index (χ0n) is 12.0. The Bertz CT molecular complexity index is 274. The molecular formula is C13H27N3O2. The van der Waals surface area contributed by atoms with Crippen molar-refractivity contribution in [2.24, 2.45) is 11.5 Å². The largest absolute Gasteiger partial charge is 0.444 e. The van der Waals surface area contributed by atoms with E-state index in [0.717, 1.165) is 25.7 Å². The lowest BCUT2D eigenvalue weighted by atomic mass is 9.99. The molecule has 18 heavy (non-hydrogen) atoms. The van der Waals surface area contributed by atoms with Crippen molar-refractivity contribution < 1.29 is 9.53 Å². The summed E-state index contributed by atoms with van der Waals surface area (Å²) in [6.07, 6.45) is 3.85. The number of piperidine rings is 1. The summed E-state index contributed by atoms with van der Waals surface area (Å²) < 4.78 is 5.44. The number of amides is 1. The maximum Gasteiger partial charge on any atom is 0.410 e. The molecular weight excluding hydrogens is 230 g/mol. The maximum absolute atomic E-state index is 12.0. The number of nitrogens with zero attached hydrogens (tertiary/aromatic N) is 1. The fraction of sp³-hybridized carbons (Fsp3) is 0.923. The molecule has 106 valence electrons. The van der Waals surface area contributed by atoms with Gasteiger partial charge < -0.3 is 21.1 Å². The average molecular weight is 257 g/mol. The van der Waals surface area contributed by atoms with Gasteiger partial charge in [-0.05, 0) is 53.5 Å². The SMILES string of the molecule is CC(C)(C)OC(=O)N1C2CCC1CC(N)C2.CN. The molecule has 0 spiro atoms. The summed E-state index contributed by atoms with van der Waals surface area (Å²) in [6.45, 7) is 5.72. The van der Waals surface area contributed by atoms with Gasteiger partial charge in [-0.25, -0.2) is 4.79 Å². The minimum atomic E-state index is -0.407. The molecule has 0 aliphatic carbocycles. The Morgan fingerprint density at radius 1 is 1.17 bits per heavy atom. The quantitative estimate of drug-likeness (QED) is 0.688. The van der Waals surface area contributed by atoms with Gasteiger partial charge in [-0.2, -0.15) is 0 Å². The van der Waals surface area contributed by atoms with Crippen LogP contribution in [0.3, 0.4) is 0 Å². The number of carbonyl (C=O) groups is 1. The molecule has 2 aliphatic heterocycles. The molecule has 0 aromatic heterocycles. The second-order valence-electron chi connectivity index (χ2n) is 6.00. The van der Waals surface area contributed by atoms with Gasteiger partial charge in [0.25, 0.3) is 0 Å². The Kier molecular flexibility index (Phi) is 4.99. The van der Waals surface area contributed by atoms with Crippen molar-refractivity contribution in [2.45, 2.75) is 70.2 Å². The Morgan fingerprint density at radius 3 is 2.00 bits per heavy atom. The second-order valence-corrected chi connectivity index (χ2v) is 6.00. The molecule has 2 fully saturated rings. The fourth-order valence-electron chi connectivity index (χ4n) is 2.83. The van der Waals surface area contributed by atoms with E-state index in [2.05, 4.69) is 5.73 Å². The van der Waals surface area contributed by atoms with Crippen molar-refractivity contribution in [2.75, 3.05) is 7.05 Å². The van der Waals surface area contributed by atoms with Gasteiger partial charge in [0.15, 0.2) is 0 Å². The molecule has 2 saturated heterocycles. The van der Waals surface area contributed by atoms with Gasteiger partial charge in [0.05, 0.1) is 0 Å². The summed E-state index contributed by atoms with van der Waals surface area (Å²) in [5.41, 5.74) is 10.1. The highest BCUT2D eigenvalue weighted by Crippen LogP contribution is 2.36. The first kappa shape index (κ1) is 15.2. The molecule has 5 heteroatoms. The lowest BCUT2D eigenvalue weighted by Crippen LogP contribution is -2.51. The Labute approximate surface area is 110 Å². The normalized spacial score (nSPS) is 30.6. The van der Waals surface area contributed by atoms with E-state index in [0.29, 0.717) is 12.1 Å². The molecule has 1 amide bonds. The van der Waals surface area contributed by atoms with Crippen LogP contribution >= 0.6 is 0 Å². The molecule has 0 aromatic carbocycles. The summed E-state index contributed by atoms with van der Waals surface area (Å²) in [5, 5.41) is 0. The van der Waals surface area contributed by atoms with Crippen molar-refractivity contribution in [1.82, 2.24) is 4.90 Å². The first-order chi connectivity index (χ1) is 8.37. The number of hydrogen-bond acceptors (Lipinski definition) is 4. The lowest BCUT2D eigenvalue weighted by Gasteiger charge is -2.38. The van der Waals surface area contributed by atoms with E-state index in [4.69, 9.17) is 10.5 Å². The number of carbonyl (C=O) groups excluding carboxylic acids is 1. The third kappa shape index (κ3) is 3.59. The van der Waals surface area contributed by atoms with Crippen LogP contribution in [0.25, 0.3) is 0 Å². The highest BCUT2D eigenvalue weighted by molar-refractivity contribution is 5.69. The number of fused-ring (bicyclic) bond motifs is 2. The van der Waals surface area contributed by atoms with Gasteiger partial charge in [-0.15, -0.1) is 0 Å². The first-order valence-corrected chi connectivity index (χ1v) is 6.71. The van der Waals surface area contributed by atoms with Crippen molar-refractivity contribution in [3.05, 3.63) is 0 Å². The number of nitrogens with two attached hydrogens (primary N) is 2. The minimum Gasteiger partial charge on any atom is -0.444 e. The number of rotatable bonds is 0. The van der Waals surface area contributed by atoms with E-state index < -0.39 is 5.60 Å². The monoisotopic (exact) mass is 257 g/mol. The molecule has 0 radical (unpaired) electrons. The van der Waals surface area contributed by atoms with Crippen molar-refractivity contribution in [1.29, 1.82) is 0 Å². The molecule has 4 N–H and O–H groups in total. The predicted molar refractivity (Wildman–Crippen MR) is 72.2 cm³/mol. The van der Waals surface area contributed by atoms with E-state index in [9.17, 15) is 4.79 Å². The second kappa shape index (κ2) is 5.89. The summed E-state index contributed by atoms with van der Waals surface area (Å²) in [5.74, 6) is 0. The van der Waals surface area contributed by atoms with Gasteiger partial charge >= 0.3 is 6.09 Å². The van der Waals surface area contributed by atoms with Crippen molar-refractivity contribution in [3.8, 4) is 0 Å². The molecule has 2 unspecified atom stereocenters. The summed E-state index contributed by atoms with van der Waals surface area (Å²) in [6, 6.07) is 0.878. The first-order valence-electron chi connectivity index (χ1n) is 6.71. The zero-order chi connectivity index (χ0) is 13.9. The van der Waals surface area contributed by atoms with E-state index in [1.54, 1.807) is 0 Å². The van der Waals surface area contributed by atoms with Crippen LogP contribution in [-0.2, 0) is 4.74 Å². The zero-order valence-corrected chi connectivity index (χ0v) is 12.0. The maximum atomic E-state index is 12.0. The number of ether oxygens (including phenoxy) is 1.